The van der Waals surface area contributed by atoms with Crippen molar-refractivity contribution in [1.82, 2.24) is 10.1 Å². The van der Waals surface area contributed by atoms with E-state index in [0.29, 0.717) is 29.4 Å². The van der Waals surface area contributed by atoms with E-state index in [4.69, 9.17) is 10.3 Å². The fourth-order valence-corrected chi connectivity index (χ4v) is 2.12. The first-order valence-electron chi connectivity index (χ1n) is 6.55. The molecule has 21 heavy (non-hydrogen) atoms. The van der Waals surface area contributed by atoms with Gasteiger partial charge in [-0.2, -0.15) is 4.98 Å². The van der Waals surface area contributed by atoms with Gasteiger partial charge in [-0.15, -0.1) is 0 Å². The van der Waals surface area contributed by atoms with Gasteiger partial charge in [-0.3, -0.25) is 0 Å². The van der Waals surface area contributed by atoms with Crippen LogP contribution in [-0.2, 0) is 6.42 Å². The first kappa shape index (κ1) is 13.3. The van der Waals surface area contributed by atoms with Crippen LogP contribution in [0.1, 0.15) is 17.0 Å². The number of hydrogen-bond donors (Lipinski definition) is 1. The van der Waals surface area contributed by atoms with Crippen LogP contribution in [0.25, 0.3) is 11.4 Å². The van der Waals surface area contributed by atoms with Crippen molar-refractivity contribution < 1.29 is 8.91 Å². The van der Waals surface area contributed by atoms with E-state index in [-0.39, 0.29) is 5.82 Å². The lowest BCUT2D eigenvalue weighted by Gasteiger charge is -1.98. The van der Waals surface area contributed by atoms with Crippen LogP contribution in [0.3, 0.4) is 0 Å². The fraction of sp³-hybridized carbons (Fsp3) is 0.125. The third-order valence-corrected chi connectivity index (χ3v) is 3.10. The molecule has 0 aliphatic rings. The van der Waals surface area contributed by atoms with Crippen molar-refractivity contribution in [2.45, 2.75) is 13.3 Å². The first-order valence-corrected chi connectivity index (χ1v) is 6.55. The van der Waals surface area contributed by atoms with E-state index in [0.717, 1.165) is 11.1 Å². The van der Waals surface area contributed by atoms with Gasteiger partial charge in [0.1, 0.15) is 5.82 Å². The predicted octanol–water partition coefficient (Wildman–Crippen LogP) is 3.36. The molecule has 1 aromatic heterocycles. The zero-order chi connectivity index (χ0) is 14.8. The molecular weight excluding hydrogens is 269 g/mol. The van der Waals surface area contributed by atoms with E-state index >= 15 is 0 Å². The Balaban J connectivity index is 1.84. The summed E-state index contributed by atoms with van der Waals surface area (Å²) in [7, 11) is 0. The van der Waals surface area contributed by atoms with Gasteiger partial charge in [0.2, 0.25) is 11.7 Å². The maximum absolute atomic E-state index is 13.4. The van der Waals surface area contributed by atoms with Crippen LogP contribution in [-0.4, -0.2) is 10.1 Å². The normalized spacial score (nSPS) is 10.8. The molecule has 0 spiro atoms. The van der Waals surface area contributed by atoms with Gasteiger partial charge in [0.25, 0.3) is 0 Å². The van der Waals surface area contributed by atoms with Crippen molar-refractivity contribution in [2.24, 2.45) is 0 Å². The van der Waals surface area contributed by atoms with Crippen molar-refractivity contribution in [3.63, 3.8) is 0 Å². The van der Waals surface area contributed by atoms with Crippen LogP contribution in [0.2, 0.25) is 0 Å². The molecule has 0 atom stereocenters. The average molecular weight is 283 g/mol. The molecule has 3 aromatic rings. The Labute approximate surface area is 121 Å². The largest absolute Gasteiger partial charge is 0.399 e. The van der Waals surface area contributed by atoms with E-state index in [1.54, 1.807) is 0 Å². The molecule has 106 valence electrons. The molecule has 5 heteroatoms. The Hall–Kier alpha value is -2.69. The van der Waals surface area contributed by atoms with Gasteiger partial charge in [-0.1, -0.05) is 17.3 Å². The standard InChI is InChI=1S/C16H14FN3O/c1-10-6-12(9-13(17)7-10)16-19-15(21-20-16)8-11-2-4-14(18)5-3-11/h2-7,9H,8,18H2,1H3. The SMILES string of the molecule is Cc1cc(F)cc(-c2noc(Cc3ccc(N)cc3)n2)c1. The molecule has 4 nitrogen and oxygen atoms in total. The molecule has 3 rings (SSSR count). The Bertz CT molecular complexity index is 745. The summed E-state index contributed by atoms with van der Waals surface area (Å²) < 4.78 is 18.6. The Morgan fingerprint density at radius 1 is 1.14 bits per heavy atom. The van der Waals surface area contributed by atoms with E-state index < -0.39 is 0 Å². The highest BCUT2D eigenvalue weighted by molar-refractivity contribution is 5.55. The minimum atomic E-state index is -0.310. The summed E-state index contributed by atoms with van der Waals surface area (Å²) in [6, 6.07) is 12.1. The summed E-state index contributed by atoms with van der Waals surface area (Å²) in [6.45, 7) is 1.82. The molecule has 0 saturated heterocycles. The number of nitrogen functional groups attached to an aromatic ring is 1. The maximum Gasteiger partial charge on any atom is 0.231 e. The topological polar surface area (TPSA) is 64.9 Å². The highest BCUT2D eigenvalue weighted by Crippen LogP contribution is 2.20. The molecule has 0 fully saturated rings. The monoisotopic (exact) mass is 283 g/mol. The number of aryl methyl sites for hydroxylation is 1. The predicted molar refractivity (Wildman–Crippen MR) is 78.1 cm³/mol. The van der Waals surface area contributed by atoms with Crippen LogP contribution >= 0.6 is 0 Å². The Morgan fingerprint density at radius 2 is 1.90 bits per heavy atom. The first-order chi connectivity index (χ1) is 10.1. The second kappa shape index (κ2) is 5.36. The lowest BCUT2D eigenvalue weighted by Crippen LogP contribution is -1.90. The lowest BCUT2D eigenvalue weighted by atomic mass is 10.1. The van der Waals surface area contributed by atoms with E-state index in [1.165, 1.54) is 12.1 Å². The van der Waals surface area contributed by atoms with Crippen molar-refractivity contribution in [2.75, 3.05) is 5.73 Å². The molecule has 0 unspecified atom stereocenters. The second-order valence-electron chi connectivity index (χ2n) is 4.95. The molecule has 0 amide bonds. The number of benzene rings is 2. The number of anilines is 1. The van der Waals surface area contributed by atoms with Crippen LogP contribution in [0, 0.1) is 12.7 Å². The smallest absolute Gasteiger partial charge is 0.231 e. The number of halogens is 1. The number of rotatable bonds is 3. The Morgan fingerprint density at radius 3 is 2.62 bits per heavy atom. The molecule has 2 N–H and O–H groups in total. The van der Waals surface area contributed by atoms with Crippen molar-refractivity contribution in [3.8, 4) is 11.4 Å². The molecule has 2 aromatic carbocycles. The maximum atomic E-state index is 13.4. The van der Waals surface area contributed by atoms with Crippen molar-refractivity contribution in [3.05, 3.63) is 65.3 Å². The van der Waals surface area contributed by atoms with Gasteiger partial charge in [-0.05, 0) is 48.4 Å². The van der Waals surface area contributed by atoms with Gasteiger partial charge in [0.05, 0.1) is 6.42 Å². The highest BCUT2D eigenvalue weighted by atomic mass is 19.1. The van der Waals surface area contributed by atoms with Crippen LogP contribution < -0.4 is 5.73 Å². The number of hydrogen-bond acceptors (Lipinski definition) is 4. The second-order valence-corrected chi connectivity index (χ2v) is 4.95. The lowest BCUT2D eigenvalue weighted by molar-refractivity contribution is 0.385. The van der Waals surface area contributed by atoms with Gasteiger partial charge in [0, 0.05) is 11.3 Å². The fourth-order valence-electron chi connectivity index (χ4n) is 2.12. The van der Waals surface area contributed by atoms with Crippen LogP contribution in [0.5, 0.6) is 0 Å². The van der Waals surface area contributed by atoms with Gasteiger partial charge in [0.15, 0.2) is 0 Å². The summed E-state index contributed by atoms with van der Waals surface area (Å²) in [5, 5.41) is 3.90. The molecule has 0 saturated carbocycles. The van der Waals surface area contributed by atoms with Gasteiger partial charge >= 0.3 is 0 Å². The third-order valence-electron chi connectivity index (χ3n) is 3.10. The minimum absolute atomic E-state index is 0.310. The summed E-state index contributed by atoms with van der Waals surface area (Å²) in [6.07, 6.45) is 0.515. The molecular formula is C16H14FN3O. The number of nitrogens with zero attached hydrogens (tertiary/aromatic N) is 2. The molecule has 0 bridgehead atoms. The summed E-state index contributed by atoms with van der Waals surface area (Å²) in [5.41, 5.74) is 8.80. The summed E-state index contributed by atoms with van der Waals surface area (Å²) in [5.74, 6) is 0.564. The summed E-state index contributed by atoms with van der Waals surface area (Å²) in [4.78, 5) is 4.30. The van der Waals surface area contributed by atoms with Gasteiger partial charge < -0.3 is 10.3 Å². The van der Waals surface area contributed by atoms with E-state index in [9.17, 15) is 4.39 Å². The van der Waals surface area contributed by atoms with Gasteiger partial charge in [-0.25, -0.2) is 4.39 Å². The Kier molecular flexibility index (Phi) is 3.39. The number of aromatic nitrogens is 2. The highest BCUT2D eigenvalue weighted by Gasteiger charge is 2.10. The minimum Gasteiger partial charge on any atom is -0.399 e. The summed E-state index contributed by atoms with van der Waals surface area (Å²) >= 11 is 0. The van der Waals surface area contributed by atoms with E-state index in [2.05, 4.69) is 10.1 Å². The van der Waals surface area contributed by atoms with E-state index in [1.807, 2.05) is 37.3 Å². The van der Waals surface area contributed by atoms with Crippen LogP contribution in [0.15, 0.2) is 47.0 Å². The van der Waals surface area contributed by atoms with Crippen LogP contribution in [0.4, 0.5) is 10.1 Å². The third kappa shape index (κ3) is 3.08. The zero-order valence-electron chi connectivity index (χ0n) is 11.5. The molecule has 0 aliphatic heterocycles. The molecule has 1 heterocycles. The molecule has 0 radical (unpaired) electrons. The van der Waals surface area contributed by atoms with Crippen molar-refractivity contribution in [1.29, 1.82) is 0 Å². The quantitative estimate of drug-likeness (QED) is 0.748. The van der Waals surface area contributed by atoms with Crippen molar-refractivity contribution >= 4 is 5.69 Å². The molecule has 0 aliphatic carbocycles. The number of nitrogens with two attached hydrogens (primary N) is 1. The zero-order valence-corrected chi connectivity index (χ0v) is 11.5. The average Bonchev–Trinajstić information content (AvgIpc) is 2.89.